The van der Waals surface area contributed by atoms with Gasteiger partial charge in [0.15, 0.2) is 0 Å². The van der Waals surface area contributed by atoms with Crippen LogP contribution in [-0.4, -0.2) is 7.11 Å². The summed E-state index contributed by atoms with van der Waals surface area (Å²) in [5.41, 5.74) is 5.46. The molecule has 2 aromatic carbocycles. The van der Waals surface area contributed by atoms with E-state index in [1.54, 1.807) is 7.11 Å². The Bertz CT molecular complexity index is 654. The van der Waals surface area contributed by atoms with E-state index < -0.39 is 0 Å². The molecule has 1 unspecified atom stereocenters. The third kappa shape index (κ3) is 3.08. The Morgan fingerprint density at radius 3 is 2.67 bits per heavy atom. The van der Waals surface area contributed by atoms with E-state index in [0.29, 0.717) is 0 Å². The number of anilines is 1. The first-order valence-corrected chi connectivity index (χ1v) is 8.18. The quantitative estimate of drug-likeness (QED) is 0.830. The average molecular weight is 346 g/mol. The lowest BCUT2D eigenvalue weighted by Gasteiger charge is -2.17. The van der Waals surface area contributed by atoms with Crippen molar-refractivity contribution in [2.24, 2.45) is 0 Å². The summed E-state index contributed by atoms with van der Waals surface area (Å²) in [6.45, 7) is 2.18. The van der Waals surface area contributed by atoms with Crippen LogP contribution in [0.4, 0.5) is 5.69 Å². The van der Waals surface area contributed by atoms with Gasteiger partial charge in [-0.1, -0.05) is 12.1 Å². The third-order valence-corrected chi connectivity index (χ3v) is 4.78. The number of hydrogen-bond acceptors (Lipinski definition) is 2. The predicted octanol–water partition coefficient (Wildman–Crippen LogP) is 5.12. The van der Waals surface area contributed by atoms with Crippen molar-refractivity contribution < 1.29 is 4.74 Å². The molecule has 2 aromatic rings. The Labute approximate surface area is 134 Å². The van der Waals surface area contributed by atoms with Crippen LogP contribution in [0, 0.1) is 0 Å². The molecule has 0 saturated carbocycles. The van der Waals surface area contributed by atoms with Crippen LogP contribution in [0.3, 0.4) is 0 Å². The summed E-state index contributed by atoms with van der Waals surface area (Å²) >= 11 is 3.55. The predicted molar refractivity (Wildman–Crippen MR) is 91.2 cm³/mol. The molecule has 0 radical (unpaired) electrons. The maximum Gasteiger partial charge on any atom is 0.133 e. The Morgan fingerprint density at radius 1 is 1.10 bits per heavy atom. The van der Waals surface area contributed by atoms with Crippen LogP contribution in [0.2, 0.25) is 0 Å². The van der Waals surface area contributed by atoms with E-state index in [-0.39, 0.29) is 6.04 Å². The molecule has 1 aliphatic rings. The smallest absolute Gasteiger partial charge is 0.133 e. The molecule has 21 heavy (non-hydrogen) atoms. The van der Waals surface area contributed by atoms with Crippen molar-refractivity contribution in [3.8, 4) is 5.75 Å². The first-order valence-electron chi connectivity index (χ1n) is 7.39. The summed E-state index contributed by atoms with van der Waals surface area (Å²) in [6, 6.07) is 13.2. The van der Waals surface area contributed by atoms with Gasteiger partial charge in [0.2, 0.25) is 0 Å². The second-order valence-corrected chi connectivity index (χ2v) is 6.45. The van der Waals surface area contributed by atoms with Gasteiger partial charge in [-0.3, -0.25) is 0 Å². The van der Waals surface area contributed by atoms with E-state index >= 15 is 0 Å². The summed E-state index contributed by atoms with van der Waals surface area (Å²) < 4.78 is 6.27. The Hall–Kier alpha value is -1.48. The minimum Gasteiger partial charge on any atom is -0.496 e. The number of aryl methyl sites for hydroxylation is 2. The van der Waals surface area contributed by atoms with Crippen LogP contribution < -0.4 is 10.1 Å². The molecule has 0 aromatic heterocycles. The highest BCUT2D eigenvalue weighted by Gasteiger charge is 2.13. The number of rotatable bonds is 4. The van der Waals surface area contributed by atoms with Crippen molar-refractivity contribution in [2.45, 2.75) is 32.2 Å². The van der Waals surface area contributed by atoms with Crippen molar-refractivity contribution in [1.82, 2.24) is 0 Å². The average Bonchev–Trinajstić information content (AvgIpc) is 2.94. The van der Waals surface area contributed by atoms with Gasteiger partial charge in [0, 0.05) is 11.7 Å². The Balaban J connectivity index is 1.76. The lowest BCUT2D eigenvalue weighted by atomic mass is 10.1. The van der Waals surface area contributed by atoms with Crippen LogP contribution in [0.5, 0.6) is 5.75 Å². The maximum absolute atomic E-state index is 5.28. The second kappa shape index (κ2) is 6.10. The lowest BCUT2D eigenvalue weighted by molar-refractivity contribution is 0.412. The number of benzene rings is 2. The number of ether oxygens (including phenoxy) is 1. The molecule has 0 heterocycles. The number of halogens is 1. The highest BCUT2D eigenvalue weighted by molar-refractivity contribution is 9.10. The molecular weight excluding hydrogens is 326 g/mol. The summed E-state index contributed by atoms with van der Waals surface area (Å²) in [4.78, 5) is 0. The van der Waals surface area contributed by atoms with Gasteiger partial charge in [-0.15, -0.1) is 0 Å². The van der Waals surface area contributed by atoms with E-state index in [0.717, 1.165) is 10.2 Å². The van der Waals surface area contributed by atoms with Gasteiger partial charge in [0.05, 0.1) is 11.6 Å². The van der Waals surface area contributed by atoms with Crippen molar-refractivity contribution >= 4 is 21.6 Å². The lowest BCUT2D eigenvalue weighted by Crippen LogP contribution is -2.07. The molecule has 0 fully saturated rings. The standard InChI is InChI=1S/C18H20BrNO/c1-12(14-7-9-18(21-2)17(19)11-14)20-16-8-6-13-4-3-5-15(13)10-16/h6-12,20H,3-5H2,1-2H3. The van der Waals surface area contributed by atoms with E-state index in [4.69, 9.17) is 4.74 Å². The number of fused-ring (bicyclic) bond motifs is 1. The number of methoxy groups -OCH3 is 1. The molecular formula is C18H20BrNO. The Kier molecular flexibility index (Phi) is 4.20. The third-order valence-electron chi connectivity index (χ3n) is 4.16. The highest BCUT2D eigenvalue weighted by Crippen LogP contribution is 2.30. The molecule has 0 bridgehead atoms. The second-order valence-electron chi connectivity index (χ2n) is 5.60. The van der Waals surface area contributed by atoms with Crippen LogP contribution in [0.15, 0.2) is 40.9 Å². The molecule has 2 nitrogen and oxygen atoms in total. The van der Waals surface area contributed by atoms with Gasteiger partial charge in [0.25, 0.3) is 0 Å². The number of nitrogens with one attached hydrogen (secondary N) is 1. The largest absolute Gasteiger partial charge is 0.496 e. The zero-order valence-electron chi connectivity index (χ0n) is 12.4. The first kappa shape index (κ1) is 14.5. The molecule has 0 amide bonds. The van der Waals surface area contributed by atoms with E-state index in [9.17, 15) is 0 Å². The van der Waals surface area contributed by atoms with Crippen LogP contribution >= 0.6 is 15.9 Å². The fourth-order valence-electron chi connectivity index (χ4n) is 2.95. The fourth-order valence-corrected chi connectivity index (χ4v) is 3.51. The molecule has 3 heteroatoms. The molecule has 1 N–H and O–H groups in total. The fraction of sp³-hybridized carbons (Fsp3) is 0.333. The Morgan fingerprint density at radius 2 is 1.90 bits per heavy atom. The van der Waals surface area contributed by atoms with Gasteiger partial charge in [-0.25, -0.2) is 0 Å². The monoisotopic (exact) mass is 345 g/mol. The summed E-state index contributed by atoms with van der Waals surface area (Å²) in [6.07, 6.45) is 3.74. The minimum atomic E-state index is 0.256. The first-order chi connectivity index (χ1) is 10.2. The van der Waals surface area contributed by atoms with Crippen molar-refractivity contribution in [3.63, 3.8) is 0 Å². The van der Waals surface area contributed by atoms with Crippen LogP contribution in [0.25, 0.3) is 0 Å². The number of hydrogen-bond donors (Lipinski definition) is 1. The summed E-state index contributed by atoms with van der Waals surface area (Å²) in [5.74, 6) is 0.864. The molecule has 0 aliphatic heterocycles. The summed E-state index contributed by atoms with van der Waals surface area (Å²) in [5, 5.41) is 3.59. The van der Waals surface area contributed by atoms with E-state index in [2.05, 4.69) is 58.5 Å². The molecule has 1 atom stereocenters. The molecule has 1 aliphatic carbocycles. The SMILES string of the molecule is COc1ccc(C(C)Nc2ccc3c(c2)CCC3)cc1Br. The van der Waals surface area contributed by atoms with Gasteiger partial charge >= 0.3 is 0 Å². The van der Waals surface area contributed by atoms with Gasteiger partial charge in [-0.05, 0) is 83.1 Å². The van der Waals surface area contributed by atoms with Gasteiger partial charge < -0.3 is 10.1 Å². The van der Waals surface area contributed by atoms with Gasteiger partial charge in [-0.2, -0.15) is 0 Å². The topological polar surface area (TPSA) is 21.3 Å². The highest BCUT2D eigenvalue weighted by atomic mass is 79.9. The van der Waals surface area contributed by atoms with E-state index in [1.165, 1.54) is 41.6 Å². The minimum absolute atomic E-state index is 0.256. The zero-order valence-corrected chi connectivity index (χ0v) is 14.0. The van der Waals surface area contributed by atoms with Crippen molar-refractivity contribution in [3.05, 3.63) is 57.6 Å². The normalized spacial score (nSPS) is 14.6. The molecule has 110 valence electrons. The van der Waals surface area contributed by atoms with Crippen LogP contribution in [-0.2, 0) is 12.8 Å². The molecule has 0 saturated heterocycles. The molecule has 0 spiro atoms. The zero-order chi connectivity index (χ0) is 14.8. The van der Waals surface area contributed by atoms with Crippen molar-refractivity contribution in [2.75, 3.05) is 12.4 Å². The summed E-state index contributed by atoms with van der Waals surface area (Å²) in [7, 11) is 1.69. The van der Waals surface area contributed by atoms with Gasteiger partial charge in [0.1, 0.15) is 5.75 Å². The van der Waals surface area contributed by atoms with Crippen LogP contribution in [0.1, 0.15) is 36.1 Å². The van der Waals surface area contributed by atoms with Crippen molar-refractivity contribution in [1.29, 1.82) is 0 Å². The maximum atomic E-state index is 5.28. The van der Waals surface area contributed by atoms with E-state index in [1.807, 2.05) is 6.07 Å². The molecule has 3 rings (SSSR count).